The molecule has 0 aliphatic carbocycles. The average molecular weight is 1630 g/mol. The molecule has 10 nitrogen and oxygen atoms in total. The van der Waals surface area contributed by atoms with Gasteiger partial charge in [-0.1, -0.05) is 261 Å². The van der Waals surface area contributed by atoms with Crippen molar-refractivity contribution in [2.45, 2.75) is 0 Å². The third-order valence-electron chi connectivity index (χ3n) is 24.0. The Morgan fingerprint density at radius 1 is 0.141 bits per heavy atom. The summed E-state index contributed by atoms with van der Waals surface area (Å²) >= 11 is 0. The molecule has 0 atom stereocenters. The molecule has 0 spiro atoms. The number of fused-ring (bicyclic) bond motifs is 11. The van der Waals surface area contributed by atoms with Crippen LogP contribution in [0.15, 0.2) is 463 Å². The molecule has 10 aromatic heterocycles. The Balaban J connectivity index is 0.000000114. The van der Waals surface area contributed by atoms with E-state index in [-0.39, 0.29) is 0 Å². The molecule has 0 aliphatic rings. The first-order valence-corrected chi connectivity index (χ1v) is 42.8. The molecule has 24 aromatic rings. The smallest absolute Gasteiger partial charge is 0.0972 e. The predicted octanol–water partition coefficient (Wildman–Crippen LogP) is 29.9. The summed E-state index contributed by atoms with van der Waals surface area (Å²) in [7, 11) is 0. The zero-order valence-electron chi connectivity index (χ0n) is 69.4. The third-order valence-corrected chi connectivity index (χ3v) is 24.0. The van der Waals surface area contributed by atoms with Crippen LogP contribution in [0.3, 0.4) is 0 Å². The zero-order valence-corrected chi connectivity index (χ0v) is 69.4. The molecule has 0 fully saturated rings. The van der Waals surface area contributed by atoms with E-state index in [0.717, 1.165) is 199 Å². The second-order valence-corrected chi connectivity index (χ2v) is 32.0. The summed E-state index contributed by atoms with van der Waals surface area (Å²) < 4.78 is 0. The van der Waals surface area contributed by atoms with Crippen LogP contribution in [0.25, 0.3) is 232 Å². The fourth-order valence-corrected chi connectivity index (χ4v) is 17.5. The Kier molecular flexibility index (Phi) is 20.5. The molecule has 0 unspecified atom stereocenters. The van der Waals surface area contributed by atoms with Crippen LogP contribution in [-0.4, -0.2) is 49.8 Å². The van der Waals surface area contributed by atoms with Crippen LogP contribution in [0.1, 0.15) is 0 Å². The molecule has 0 saturated carbocycles. The second-order valence-electron chi connectivity index (χ2n) is 32.0. The van der Waals surface area contributed by atoms with Crippen molar-refractivity contribution in [1.82, 2.24) is 49.8 Å². The van der Waals surface area contributed by atoms with Crippen molar-refractivity contribution in [3.63, 3.8) is 0 Å². The number of nitrogens with zero attached hydrogens (tertiary/aromatic N) is 10. The SMILES string of the molecule is c1ccc(-c2cc(-c3ccc(-c4cc(-c5cccnc5)cc(-c5cccnc5)c4)cc3)c3ccc4ccccc4c3n2)cc1.c1ccc2ncc(-c3cc(-c4ccc(-c5ccc6ccc7cccnc7c6n5)cc4)cc(-c4cnc5ccccc5c4)c3)cc2c1.c1cncc(-c2cc(-c3ccc(-c4ccnc5c4ccc4ccccc45)cc3)cc(-c3cccnc3)c2)c1. The lowest BCUT2D eigenvalue weighted by Gasteiger charge is -2.14. The molecule has 10 heteroatoms. The molecule has 14 aromatic carbocycles. The molecular formula is C118H76N10. The van der Waals surface area contributed by atoms with Crippen LogP contribution in [0.4, 0.5) is 0 Å². The van der Waals surface area contributed by atoms with Crippen molar-refractivity contribution in [3.8, 4) is 145 Å². The van der Waals surface area contributed by atoms with E-state index in [4.69, 9.17) is 24.9 Å². The predicted molar refractivity (Wildman–Crippen MR) is 528 cm³/mol. The summed E-state index contributed by atoms with van der Waals surface area (Å²) in [5.74, 6) is 0. The van der Waals surface area contributed by atoms with Crippen molar-refractivity contribution in [3.05, 3.63) is 463 Å². The average Bonchev–Trinajstić information content (AvgIpc) is 0.737. The molecule has 598 valence electrons. The first-order valence-electron chi connectivity index (χ1n) is 42.8. The molecule has 0 N–H and O–H groups in total. The minimum atomic E-state index is 0.921. The van der Waals surface area contributed by atoms with Gasteiger partial charge in [0.1, 0.15) is 0 Å². The fourth-order valence-electron chi connectivity index (χ4n) is 17.5. The number of benzene rings is 14. The Morgan fingerprint density at radius 2 is 0.484 bits per heavy atom. The Labute approximate surface area is 739 Å². The van der Waals surface area contributed by atoms with E-state index in [9.17, 15) is 0 Å². The summed E-state index contributed by atoms with van der Waals surface area (Å²) in [5.41, 5.74) is 34.7. The van der Waals surface area contributed by atoms with E-state index in [0.29, 0.717) is 0 Å². The van der Waals surface area contributed by atoms with Crippen LogP contribution >= 0.6 is 0 Å². The van der Waals surface area contributed by atoms with Gasteiger partial charge in [-0.2, -0.15) is 0 Å². The Hall–Kier alpha value is -17.3. The van der Waals surface area contributed by atoms with Crippen LogP contribution in [0.2, 0.25) is 0 Å². The highest BCUT2D eigenvalue weighted by atomic mass is 14.8. The number of hydrogen-bond acceptors (Lipinski definition) is 10. The standard InChI is InChI=1S/C42H26N4.C41H27N3.C35H23N3/c1-3-9-38-31(6-1)20-36(25-44-38)34-22-33(23-35(24-34)37-21-32-7-2-4-10-39(32)45-26-37)27-11-13-28(14-12-27)40-18-17-30-16-15-29-8-5-19-43-41(29)42(30)46-40;1-2-9-31(10-3-1)40-25-39(38-19-18-29-8-4-5-13-37(29)41(38)44-40)30-16-14-28(15-17-30)34-22-35(32-11-6-20-42-26-32)24-36(23-34)33-12-7-21-43-27-33;1-2-8-33-25(5-1)13-14-34-32(15-18-38-35(33)34)26-11-9-24(10-12-26)29-19-30(27-6-3-16-36-22-27)21-31(20-29)28-7-4-17-37-23-28/h1-26H;1-27H;1-23H. The van der Waals surface area contributed by atoms with Gasteiger partial charge in [0.05, 0.1) is 44.5 Å². The second kappa shape index (κ2) is 34.2. The summed E-state index contributed by atoms with van der Waals surface area (Å²) in [5, 5.41) is 11.5. The van der Waals surface area contributed by atoms with Crippen LogP contribution in [-0.2, 0) is 0 Å². The number of rotatable bonds is 13. The van der Waals surface area contributed by atoms with E-state index in [2.05, 4.69) is 353 Å². The van der Waals surface area contributed by atoms with Gasteiger partial charge in [-0.3, -0.25) is 39.9 Å². The third kappa shape index (κ3) is 15.7. The minimum absolute atomic E-state index is 0.921. The van der Waals surface area contributed by atoms with Crippen LogP contribution in [0.5, 0.6) is 0 Å². The van der Waals surface area contributed by atoms with E-state index in [1.807, 2.05) is 123 Å². The zero-order chi connectivity index (χ0) is 85.1. The fraction of sp³-hybridized carbons (Fsp3) is 0. The minimum Gasteiger partial charge on any atom is -0.264 e. The maximum atomic E-state index is 5.19. The van der Waals surface area contributed by atoms with Gasteiger partial charge in [0.25, 0.3) is 0 Å². The Morgan fingerprint density at radius 3 is 0.969 bits per heavy atom. The van der Waals surface area contributed by atoms with Gasteiger partial charge in [-0.25, -0.2) is 9.97 Å². The lowest BCUT2D eigenvalue weighted by molar-refractivity contribution is 1.32. The Bertz CT molecular complexity index is 8060. The highest BCUT2D eigenvalue weighted by Gasteiger charge is 2.19. The summed E-state index contributed by atoms with van der Waals surface area (Å²) in [4.78, 5) is 46.5. The lowest BCUT2D eigenvalue weighted by atomic mass is 9.92. The molecule has 0 aliphatic heterocycles. The van der Waals surface area contributed by atoms with E-state index >= 15 is 0 Å². The van der Waals surface area contributed by atoms with E-state index in [1.165, 1.54) is 32.8 Å². The quantitative estimate of drug-likeness (QED) is 0.103. The van der Waals surface area contributed by atoms with Crippen LogP contribution < -0.4 is 0 Å². The highest BCUT2D eigenvalue weighted by molar-refractivity contribution is 6.12. The molecule has 0 saturated heterocycles. The van der Waals surface area contributed by atoms with Gasteiger partial charge in [0, 0.05) is 162 Å². The van der Waals surface area contributed by atoms with Crippen molar-refractivity contribution < 1.29 is 0 Å². The van der Waals surface area contributed by atoms with Gasteiger partial charge >= 0.3 is 0 Å². The maximum absolute atomic E-state index is 5.19. The van der Waals surface area contributed by atoms with Gasteiger partial charge in [0.15, 0.2) is 0 Å². The van der Waals surface area contributed by atoms with Crippen molar-refractivity contribution in [1.29, 1.82) is 0 Å². The van der Waals surface area contributed by atoms with Gasteiger partial charge < -0.3 is 0 Å². The molecule has 128 heavy (non-hydrogen) atoms. The maximum Gasteiger partial charge on any atom is 0.0972 e. The summed E-state index contributed by atoms with van der Waals surface area (Å²) in [6.07, 6.45) is 22.6. The number of para-hydroxylation sites is 2. The molecule has 0 bridgehead atoms. The molecule has 0 radical (unpaired) electrons. The molecule has 24 rings (SSSR count). The molecule has 0 amide bonds. The van der Waals surface area contributed by atoms with Gasteiger partial charge in [-0.05, 0) is 227 Å². The number of aromatic nitrogens is 10. The van der Waals surface area contributed by atoms with E-state index in [1.54, 1.807) is 12.4 Å². The van der Waals surface area contributed by atoms with Crippen molar-refractivity contribution in [2.24, 2.45) is 0 Å². The molecule has 10 heterocycles. The largest absolute Gasteiger partial charge is 0.264 e. The monoisotopic (exact) mass is 1630 g/mol. The van der Waals surface area contributed by atoms with Crippen LogP contribution in [0, 0.1) is 0 Å². The van der Waals surface area contributed by atoms with E-state index < -0.39 is 0 Å². The normalized spacial score (nSPS) is 11.3. The van der Waals surface area contributed by atoms with Gasteiger partial charge in [0.2, 0.25) is 0 Å². The van der Waals surface area contributed by atoms with Crippen molar-refractivity contribution >= 4 is 87.0 Å². The number of pyridine rings is 10. The number of hydrogen-bond donors (Lipinski definition) is 0. The van der Waals surface area contributed by atoms with Crippen molar-refractivity contribution in [2.75, 3.05) is 0 Å². The first kappa shape index (κ1) is 76.8. The topological polar surface area (TPSA) is 129 Å². The van der Waals surface area contributed by atoms with Gasteiger partial charge in [-0.15, -0.1) is 0 Å². The summed E-state index contributed by atoms with van der Waals surface area (Å²) in [6, 6.07) is 137. The summed E-state index contributed by atoms with van der Waals surface area (Å²) in [6.45, 7) is 0. The first-order chi connectivity index (χ1) is 63.4. The lowest BCUT2D eigenvalue weighted by Crippen LogP contribution is -1.91. The highest BCUT2D eigenvalue weighted by Crippen LogP contribution is 2.43. The molecular weight excluding hydrogens is 1560 g/mol.